The molecule has 136 valence electrons. The van der Waals surface area contributed by atoms with Gasteiger partial charge in [0.15, 0.2) is 17.2 Å². The molecule has 1 aliphatic rings. The van der Waals surface area contributed by atoms with Gasteiger partial charge in [-0.1, -0.05) is 0 Å². The number of Topliss-reactive ketones (excluding diaryl/α,β-unsaturated/α-hetero) is 1. The minimum Gasteiger partial charge on any atom is -0.454 e. The summed E-state index contributed by atoms with van der Waals surface area (Å²) in [7, 11) is 0. The van der Waals surface area contributed by atoms with Crippen LogP contribution < -0.4 is 9.47 Å². The average molecular weight is 388 g/mol. The molecule has 0 fully saturated rings. The van der Waals surface area contributed by atoms with Crippen LogP contribution in [0.5, 0.6) is 11.5 Å². The zero-order valence-corrected chi connectivity index (χ0v) is 13.0. The molecule has 2 heterocycles. The number of carbonyl (C=O) groups is 1. The lowest BCUT2D eigenvalue weighted by Crippen LogP contribution is -2.28. The maximum absolute atomic E-state index is 13.1. The third kappa shape index (κ3) is 3.17. The van der Waals surface area contributed by atoms with Gasteiger partial charge in [-0.15, -0.1) is 12.4 Å². The molecule has 0 N–H and O–H groups in total. The highest BCUT2D eigenvalue weighted by Crippen LogP contribution is 2.41. The highest BCUT2D eigenvalue weighted by atomic mass is 35.5. The molecule has 2 aromatic rings. The second-order valence-corrected chi connectivity index (χ2v) is 5.01. The molecule has 1 aliphatic heterocycles. The van der Waals surface area contributed by atoms with E-state index in [9.17, 15) is 31.1 Å². The zero-order valence-electron chi connectivity index (χ0n) is 12.2. The predicted molar refractivity (Wildman–Crippen MR) is 75.2 cm³/mol. The largest absolute Gasteiger partial charge is 0.454 e. The first-order chi connectivity index (χ1) is 11.0. The molecule has 0 saturated carbocycles. The lowest BCUT2D eigenvalue weighted by molar-refractivity contribution is -0.141. The number of halogens is 7. The number of carbonyl (C=O) groups excluding carboxylic acids is 1. The maximum atomic E-state index is 13.1. The zero-order chi connectivity index (χ0) is 17.9. The number of rotatable bonds is 1. The first-order valence-electron chi connectivity index (χ1n) is 6.43. The van der Waals surface area contributed by atoms with Crippen LogP contribution in [0.3, 0.4) is 0 Å². The predicted octanol–water partition coefficient (Wildman–Crippen LogP) is 4.46. The van der Waals surface area contributed by atoms with Gasteiger partial charge in [0.1, 0.15) is 0 Å². The van der Waals surface area contributed by atoms with Gasteiger partial charge in [-0.25, -0.2) is 4.98 Å². The van der Waals surface area contributed by atoms with Crippen LogP contribution in [0.15, 0.2) is 12.1 Å². The van der Waals surface area contributed by atoms with Crippen molar-refractivity contribution in [1.82, 2.24) is 4.98 Å². The standard InChI is InChI=1S/C14H7F6NO3.ClH/c1-5-6-2-8-9(24-4-23-8)3-7(6)21-11(13(15,16)17)10(5)12(22)14(18,19)20;/h2-3H,4H2,1H3;1H. The molecule has 0 amide bonds. The Hall–Kier alpha value is -2.23. The van der Waals surface area contributed by atoms with Gasteiger partial charge in [0, 0.05) is 11.5 Å². The molecular formula is C14H8ClF6NO3. The number of aromatic nitrogens is 1. The van der Waals surface area contributed by atoms with Crippen molar-refractivity contribution >= 4 is 29.1 Å². The van der Waals surface area contributed by atoms with Crippen molar-refractivity contribution in [2.75, 3.05) is 6.79 Å². The molecule has 0 atom stereocenters. The Morgan fingerprint density at radius 2 is 1.64 bits per heavy atom. The van der Waals surface area contributed by atoms with Gasteiger partial charge in [-0.2, -0.15) is 26.3 Å². The molecule has 11 heteroatoms. The molecule has 0 unspecified atom stereocenters. The molecule has 4 nitrogen and oxygen atoms in total. The number of ether oxygens (including phenoxy) is 2. The molecule has 0 saturated heterocycles. The number of benzene rings is 1. The van der Waals surface area contributed by atoms with Crippen LogP contribution in [0, 0.1) is 6.92 Å². The van der Waals surface area contributed by atoms with Gasteiger partial charge >= 0.3 is 12.4 Å². The fourth-order valence-corrected chi connectivity index (χ4v) is 2.44. The minimum absolute atomic E-state index is 0. The van der Waals surface area contributed by atoms with E-state index in [0.29, 0.717) is 0 Å². The highest BCUT2D eigenvalue weighted by Gasteiger charge is 2.47. The normalized spacial score (nSPS) is 13.7. The lowest BCUT2D eigenvalue weighted by atomic mass is 9.97. The van der Waals surface area contributed by atoms with E-state index in [0.717, 1.165) is 13.0 Å². The number of pyridine rings is 1. The number of ketones is 1. The molecule has 1 aromatic heterocycles. The summed E-state index contributed by atoms with van der Waals surface area (Å²) in [5.74, 6) is -2.32. The van der Waals surface area contributed by atoms with Gasteiger partial charge in [0.25, 0.3) is 5.78 Å². The summed E-state index contributed by atoms with van der Waals surface area (Å²) in [5.41, 5.74) is -4.12. The Bertz CT molecular complexity index is 862. The van der Waals surface area contributed by atoms with E-state index in [1.165, 1.54) is 6.07 Å². The minimum atomic E-state index is -5.46. The maximum Gasteiger partial charge on any atom is 0.454 e. The van der Waals surface area contributed by atoms with Crippen LogP contribution in [-0.2, 0) is 6.18 Å². The second-order valence-electron chi connectivity index (χ2n) is 5.01. The van der Waals surface area contributed by atoms with E-state index < -0.39 is 35.0 Å². The number of hydrogen-bond acceptors (Lipinski definition) is 4. The van der Waals surface area contributed by atoms with Gasteiger partial charge in [-0.3, -0.25) is 4.79 Å². The van der Waals surface area contributed by atoms with Crippen LogP contribution in [0.2, 0.25) is 0 Å². The molecular weight excluding hydrogens is 380 g/mol. The number of nitrogens with zero attached hydrogens (tertiary/aromatic N) is 1. The molecule has 0 spiro atoms. The van der Waals surface area contributed by atoms with E-state index in [-0.39, 0.29) is 41.6 Å². The van der Waals surface area contributed by atoms with Gasteiger partial charge in [0.05, 0.1) is 11.1 Å². The average Bonchev–Trinajstić information content (AvgIpc) is 2.90. The lowest BCUT2D eigenvalue weighted by Gasteiger charge is -2.17. The van der Waals surface area contributed by atoms with Crippen LogP contribution in [0.4, 0.5) is 26.3 Å². The Balaban J connectivity index is 0.00000225. The molecule has 0 radical (unpaired) electrons. The van der Waals surface area contributed by atoms with Crippen LogP contribution in [0.25, 0.3) is 10.9 Å². The summed E-state index contributed by atoms with van der Waals surface area (Å²) < 4.78 is 87.6. The number of hydrogen-bond donors (Lipinski definition) is 0. The smallest absolute Gasteiger partial charge is 0.454 e. The summed E-state index contributed by atoms with van der Waals surface area (Å²) in [4.78, 5) is 14.7. The van der Waals surface area contributed by atoms with Gasteiger partial charge < -0.3 is 9.47 Å². The summed E-state index contributed by atoms with van der Waals surface area (Å²) >= 11 is 0. The molecule has 0 bridgehead atoms. The number of fused-ring (bicyclic) bond motifs is 2. The summed E-state index contributed by atoms with van der Waals surface area (Å²) in [6.45, 7) is 0.825. The van der Waals surface area contributed by atoms with Crippen LogP contribution in [0.1, 0.15) is 21.6 Å². The summed E-state index contributed by atoms with van der Waals surface area (Å²) in [6, 6.07) is 2.33. The second kappa shape index (κ2) is 5.94. The molecule has 0 aliphatic carbocycles. The Labute approximate surface area is 142 Å². The van der Waals surface area contributed by atoms with E-state index in [1.54, 1.807) is 0 Å². The van der Waals surface area contributed by atoms with E-state index in [2.05, 4.69) is 4.98 Å². The quantitative estimate of drug-likeness (QED) is 0.535. The van der Waals surface area contributed by atoms with Crippen molar-refractivity contribution in [1.29, 1.82) is 0 Å². The van der Waals surface area contributed by atoms with E-state index >= 15 is 0 Å². The first kappa shape index (κ1) is 19.1. The van der Waals surface area contributed by atoms with Crippen molar-refractivity contribution in [3.8, 4) is 11.5 Å². The van der Waals surface area contributed by atoms with Gasteiger partial charge in [0.2, 0.25) is 6.79 Å². The van der Waals surface area contributed by atoms with Gasteiger partial charge in [-0.05, 0) is 18.6 Å². The van der Waals surface area contributed by atoms with Crippen molar-refractivity contribution in [3.05, 3.63) is 29.0 Å². The molecule has 3 rings (SSSR count). The molecule has 1 aromatic carbocycles. The Kier molecular flexibility index (Phi) is 4.54. The SMILES string of the molecule is Cc1c(C(=O)C(F)(F)F)c(C(F)(F)F)nc2cc3c(cc12)OCO3.Cl. The van der Waals surface area contributed by atoms with E-state index in [4.69, 9.17) is 9.47 Å². The Morgan fingerprint density at radius 3 is 2.16 bits per heavy atom. The highest BCUT2D eigenvalue weighted by molar-refractivity contribution is 6.06. The van der Waals surface area contributed by atoms with Crippen molar-refractivity contribution in [3.63, 3.8) is 0 Å². The fraction of sp³-hybridized carbons (Fsp3) is 0.286. The summed E-state index contributed by atoms with van der Waals surface area (Å²) in [5, 5.41) is -0.0557. The monoisotopic (exact) mass is 387 g/mol. The third-order valence-electron chi connectivity index (χ3n) is 3.49. The topological polar surface area (TPSA) is 48.4 Å². The third-order valence-corrected chi connectivity index (χ3v) is 3.49. The van der Waals surface area contributed by atoms with Crippen molar-refractivity contribution in [2.45, 2.75) is 19.3 Å². The fourth-order valence-electron chi connectivity index (χ4n) is 2.44. The molecule has 25 heavy (non-hydrogen) atoms. The van der Waals surface area contributed by atoms with Crippen LogP contribution >= 0.6 is 12.4 Å². The van der Waals surface area contributed by atoms with Crippen molar-refractivity contribution < 1.29 is 40.6 Å². The van der Waals surface area contributed by atoms with Crippen molar-refractivity contribution in [2.24, 2.45) is 0 Å². The first-order valence-corrected chi connectivity index (χ1v) is 6.43. The Morgan fingerprint density at radius 1 is 1.08 bits per heavy atom. The van der Waals surface area contributed by atoms with Crippen LogP contribution in [-0.4, -0.2) is 23.7 Å². The number of alkyl halides is 6. The number of aryl methyl sites for hydroxylation is 1. The summed E-state index contributed by atoms with van der Waals surface area (Å²) in [6.07, 6.45) is -10.7. The van der Waals surface area contributed by atoms with E-state index in [1.807, 2.05) is 0 Å².